The summed E-state index contributed by atoms with van der Waals surface area (Å²) in [4.78, 5) is 134. The van der Waals surface area contributed by atoms with Crippen molar-refractivity contribution >= 4 is 82.4 Å². The van der Waals surface area contributed by atoms with Gasteiger partial charge in [0.2, 0.25) is 47.3 Å². The number of carbonyl (C=O) groups is 10. The summed E-state index contributed by atoms with van der Waals surface area (Å²) < 4.78 is 31.3. The maximum Gasteiger partial charge on any atom is 0.321 e. The lowest BCUT2D eigenvalue weighted by Crippen LogP contribution is -2.52. The summed E-state index contributed by atoms with van der Waals surface area (Å²) in [5.74, 6) is -7.98. The molecule has 25 nitrogen and oxygen atoms in total. The molecule has 442 valence electrons. The van der Waals surface area contributed by atoms with Crippen molar-refractivity contribution in [2.45, 2.75) is 102 Å². The van der Waals surface area contributed by atoms with Crippen molar-refractivity contribution in [3.05, 3.63) is 102 Å². The van der Waals surface area contributed by atoms with Crippen LogP contribution >= 0.6 is 11.8 Å². The van der Waals surface area contributed by atoms with Crippen molar-refractivity contribution < 1.29 is 66.9 Å². The number of nitrogens with two attached hydrogens (primary N) is 3. The van der Waals surface area contributed by atoms with E-state index in [1.807, 2.05) is 51.1 Å². The number of likely N-dealkylation sites (tertiary alicyclic amines) is 1. The van der Waals surface area contributed by atoms with Crippen LogP contribution in [0.25, 0.3) is 11.3 Å². The number of aromatic nitrogens is 2. The molecule has 1 unspecified atom stereocenters. The van der Waals surface area contributed by atoms with Crippen molar-refractivity contribution in [2.24, 2.45) is 22.6 Å². The monoisotopic (exact) mass is 1160 g/mol. The average Bonchev–Trinajstić information content (AvgIpc) is 3.95. The number of imide groups is 1. The molecular formula is C54H69F2N13O12S. The maximum atomic E-state index is 15.1. The zero-order chi connectivity index (χ0) is 60.4. The molecule has 0 spiro atoms. The Labute approximate surface area is 475 Å². The number of imidazole rings is 1. The first-order chi connectivity index (χ1) is 38.7. The summed E-state index contributed by atoms with van der Waals surface area (Å²) in [6.45, 7) is 5.24. The van der Waals surface area contributed by atoms with Crippen molar-refractivity contribution in [3.63, 3.8) is 0 Å². The molecule has 6 atom stereocenters. The molecular weight excluding hydrogens is 1090 g/mol. The van der Waals surface area contributed by atoms with E-state index >= 15 is 4.39 Å². The van der Waals surface area contributed by atoms with Crippen molar-refractivity contribution in [2.75, 3.05) is 49.2 Å². The summed E-state index contributed by atoms with van der Waals surface area (Å²) in [6, 6.07) is 11.4. The van der Waals surface area contributed by atoms with Gasteiger partial charge < -0.3 is 68.8 Å². The summed E-state index contributed by atoms with van der Waals surface area (Å²) >= 11 is 0.912. The number of nitrogens with zero attached hydrogens (tertiary/aromatic N) is 4. The SMILES string of the molecule is C[C@H](NC(=O)CCNC(=O)[C@@H](N)CCN(C(=O)CO)[C@@H](c1nc(-c2cc(F)ccc2F)cn1Cc1ccccc1)C(C)(C)C)C(=O)N[C@@H](CCCNC(N)=O)C(=O)Nc1ccc(NC(=O)CN2C(=O)CC(SC[C@H](N)C(=O)O)C2=O)cc1. The van der Waals surface area contributed by atoms with Crippen LogP contribution in [-0.2, 0) is 49.7 Å². The first-order valence-electron chi connectivity index (χ1n) is 26.0. The standard InChI is InChI=1S/C54H69F2N13O12S/c1-30(48(75)66-39(11-8-20-61-53(59)81)50(77)64-34-15-13-33(14-16-34)63-43(72)27-69-44(73)24-41(51(69)78)82-29-38(58)52(79)80)62-42(71)18-21-60-49(76)37(57)19-22-68(45(74)28-70)46(54(2,3)4)47-65-40(35-23-32(55)12-17-36(35)56)26-67(47)25-31-9-6-5-7-10-31/h5-7,9-10,12-17,23,26,30,37-39,41,46,70H,8,11,18-22,24-25,27-29,57-58H2,1-4H3,(H,60,76)(H,62,71)(H,63,72)(H,64,77)(H,66,75)(H,79,80)(H3,59,61,81)/t30-,37-,38-,39-,41?,46-/m0/s1. The minimum Gasteiger partial charge on any atom is -0.480 e. The third-order valence-electron chi connectivity index (χ3n) is 12.8. The van der Waals surface area contributed by atoms with Gasteiger partial charge in [0, 0.05) is 67.9 Å². The molecule has 82 heavy (non-hydrogen) atoms. The highest BCUT2D eigenvalue weighted by Gasteiger charge is 2.41. The molecule has 2 heterocycles. The lowest BCUT2D eigenvalue weighted by Gasteiger charge is -2.40. The Morgan fingerprint density at radius 3 is 2.15 bits per heavy atom. The second kappa shape index (κ2) is 29.9. The Morgan fingerprint density at radius 2 is 1.51 bits per heavy atom. The van der Waals surface area contributed by atoms with Crippen LogP contribution in [0.15, 0.2) is 79.0 Å². The van der Waals surface area contributed by atoms with Crippen LogP contribution in [0.3, 0.4) is 0 Å². The molecule has 1 fully saturated rings. The molecule has 1 aliphatic heterocycles. The normalized spacial score (nSPS) is 15.1. The zero-order valence-corrected chi connectivity index (χ0v) is 46.4. The number of anilines is 2. The van der Waals surface area contributed by atoms with E-state index in [2.05, 4.69) is 31.9 Å². The Morgan fingerprint density at radius 1 is 0.841 bits per heavy atom. The van der Waals surface area contributed by atoms with Crippen molar-refractivity contribution in [1.29, 1.82) is 0 Å². The molecule has 0 aliphatic carbocycles. The summed E-state index contributed by atoms with van der Waals surface area (Å²) in [5.41, 5.74) is 17.5. The van der Waals surface area contributed by atoms with Gasteiger partial charge >= 0.3 is 12.0 Å². The lowest BCUT2D eigenvalue weighted by atomic mass is 9.84. The number of nitrogens with one attached hydrogen (secondary N) is 6. The molecule has 4 aromatic rings. The van der Waals surface area contributed by atoms with E-state index in [1.54, 1.807) is 10.8 Å². The molecule has 1 aliphatic rings. The number of aliphatic carboxylic acids is 1. The van der Waals surface area contributed by atoms with Crippen LogP contribution in [0.4, 0.5) is 25.0 Å². The van der Waals surface area contributed by atoms with Gasteiger partial charge in [0.05, 0.1) is 23.0 Å². The number of hydrogen-bond donors (Lipinski definition) is 11. The third-order valence-corrected chi connectivity index (χ3v) is 14.1. The Balaban J connectivity index is 1.14. The van der Waals surface area contributed by atoms with Crippen LogP contribution in [0.1, 0.15) is 77.2 Å². The van der Waals surface area contributed by atoms with Crippen LogP contribution in [0.2, 0.25) is 0 Å². The number of primary amides is 1. The number of aliphatic hydroxyl groups excluding tert-OH is 1. The van der Waals surface area contributed by atoms with Gasteiger partial charge in [0.25, 0.3) is 0 Å². The van der Waals surface area contributed by atoms with Gasteiger partial charge in [-0.15, -0.1) is 11.8 Å². The second-order valence-corrected chi connectivity index (χ2v) is 21.6. The number of urea groups is 1. The molecule has 0 saturated carbocycles. The Bertz CT molecular complexity index is 2960. The van der Waals surface area contributed by atoms with Gasteiger partial charge in [0.15, 0.2) is 0 Å². The number of rotatable bonds is 29. The number of carboxylic acids is 1. The highest BCUT2D eigenvalue weighted by molar-refractivity contribution is 8.00. The molecule has 0 bridgehead atoms. The van der Waals surface area contributed by atoms with Crippen LogP contribution in [0.5, 0.6) is 0 Å². The summed E-state index contributed by atoms with van der Waals surface area (Å²) in [6.07, 6.45) is 1.08. The fraction of sp³-hybridized carbons (Fsp3) is 0.426. The van der Waals surface area contributed by atoms with Gasteiger partial charge in [-0.1, -0.05) is 51.1 Å². The van der Waals surface area contributed by atoms with Gasteiger partial charge in [-0.25, -0.2) is 18.6 Å². The zero-order valence-electron chi connectivity index (χ0n) is 45.6. The highest BCUT2D eigenvalue weighted by atomic mass is 32.2. The maximum absolute atomic E-state index is 15.1. The number of carboxylic acid groups (broad SMARTS) is 1. The van der Waals surface area contributed by atoms with E-state index < -0.39 is 125 Å². The largest absolute Gasteiger partial charge is 0.480 e. The lowest BCUT2D eigenvalue weighted by molar-refractivity contribution is -0.141. The Kier molecular flexibility index (Phi) is 23.5. The molecule has 28 heteroatoms. The fourth-order valence-electron chi connectivity index (χ4n) is 8.61. The number of aliphatic hydroxyl groups is 1. The van der Waals surface area contributed by atoms with Crippen molar-refractivity contribution in [1.82, 2.24) is 40.6 Å². The molecule has 3 aromatic carbocycles. The first kappa shape index (κ1) is 64.5. The minimum atomic E-state index is -1.26. The number of carbonyl (C=O) groups excluding carboxylic acids is 9. The first-order valence-corrected chi connectivity index (χ1v) is 27.1. The minimum absolute atomic E-state index is 0.00121. The number of halogens is 2. The molecule has 0 radical (unpaired) electrons. The highest BCUT2D eigenvalue weighted by Crippen LogP contribution is 2.40. The van der Waals surface area contributed by atoms with E-state index in [4.69, 9.17) is 27.3 Å². The second-order valence-electron chi connectivity index (χ2n) is 20.4. The smallest absolute Gasteiger partial charge is 0.321 e. The quantitative estimate of drug-likeness (QED) is 0.0270. The predicted octanol–water partition coefficient (Wildman–Crippen LogP) is 1.30. The number of hydrogen-bond acceptors (Lipinski definition) is 15. The number of benzene rings is 3. The average molecular weight is 1160 g/mol. The summed E-state index contributed by atoms with van der Waals surface area (Å²) in [7, 11) is 0. The molecule has 10 amide bonds. The topological polar surface area (TPSA) is 386 Å². The van der Waals surface area contributed by atoms with Crippen LogP contribution < -0.4 is 49.1 Å². The molecule has 1 saturated heterocycles. The van der Waals surface area contributed by atoms with E-state index in [-0.39, 0.29) is 86.7 Å². The van der Waals surface area contributed by atoms with Gasteiger partial charge in [-0.05, 0) is 79.6 Å². The van der Waals surface area contributed by atoms with E-state index in [9.17, 15) is 57.4 Å². The summed E-state index contributed by atoms with van der Waals surface area (Å²) in [5, 5.41) is 33.6. The Hall–Kier alpha value is -8.34. The van der Waals surface area contributed by atoms with E-state index in [0.717, 1.165) is 40.4 Å². The van der Waals surface area contributed by atoms with Crippen LogP contribution in [0, 0.1) is 17.0 Å². The van der Waals surface area contributed by atoms with Gasteiger partial charge in [-0.3, -0.25) is 48.1 Å². The number of amides is 10. The van der Waals surface area contributed by atoms with Crippen LogP contribution in [-0.4, -0.2) is 157 Å². The van der Waals surface area contributed by atoms with E-state index in [1.165, 1.54) is 36.1 Å². The molecule has 5 rings (SSSR count). The number of thioether (sulfide) groups is 1. The van der Waals surface area contributed by atoms with Crippen molar-refractivity contribution in [3.8, 4) is 11.3 Å². The predicted molar refractivity (Wildman–Crippen MR) is 298 cm³/mol. The van der Waals surface area contributed by atoms with E-state index in [0.29, 0.717) is 5.82 Å². The van der Waals surface area contributed by atoms with Gasteiger partial charge in [0.1, 0.15) is 48.7 Å². The van der Waals surface area contributed by atoms with Gasteiger partial charge in [-0.2, -0.15) is 0 Å². The molecule has 1 aromatic heterocycles. The molecule has 14 N–H and O–H groups in total. The fourth-order valence-corrected chi connectivity index (χ4v) is 9.73. The third kappa shape index (κ3) is 18.9.